The molecular weight excluding hydrogens is 266 g/mol. The molecule has 4 heteroatoms. The van der Waals surface area contributed by atoms with Crippen LogP contribution in [0.2, 0.25) is 0 Å². The third kappa shape index (κ3) is 2.10. The van der Waals surface area contributed by atoms with Gasteiger partial charge in [-0.25, -0.2) is 4.98 Å². The Balaban J connectivity index is 2.16. The fourth-order valence-corrected chi connectivity index (χ4v) is 3.22. The lowest BCUT2D eigenvalue weighted by Gasteiger charge is -2.02. The topological polar surface area (TPSA) is 41.1 Å². The zero-order chi connectivity index (χ0) is 14.1. The molecule has 3 aromatic rings. The minimum atomic E-state index is 0.377. The second kappa shape index (κ2) is 5.10. The van der Waals surface area contributed by atoms with Gasteiger partial charge in [-0.1, -0.05) is 31.2 Å². The molecule has 0 saturated carbocycles. The molecule has 0 spiro atoms. The average Bonchev–Trinajstić information content (AvgIpc) is 2.97. The van der Waals surface area contributed by atoms with E-state index in [0.717, 1.165) is 28.3 Å². The first-order valence-corrected chi connectivity index (χ1v) is 7.48. The van der Waals surface area contributed by atoms with Crippen molar-refractivity contribution in [1.29, 1.82) is 5.26 Å². The number of rotatable bonds is 3. The Morgan fingerprint density at radius 2 is 2.05 bits per heavy atom. The average molecular weight is 281 g/mol. The van der Waals surface area contributed by atoms with E-state index in [4.69, 9.17) is 10.2 Å². The van der Waals surface area contributed by atoms with E-state index in [1.54, 1.807) is 11.3 Å². The van der Waals surface area contributed by atoms with E-state index in [2.05, 4.69) is 50.4 Å². The minimum Gasteiger partial charge on any atom is -0.293 e. The van der Waals surface area contributed by atoms with Gasteiger partial charge in [0.1, 0.15) is 0 Å². The number of nitrogens with zero attached hydrogens (tertiary/aromatic N) is 3. The Morgan fingerprint density at radius 3 is 2.70 bits per heavy atom. The number of hydrogen-bond donors (Lipinski definition) is 0. The molecule has 2 aromatic heterocycles. The van der Waals surface area contributed by atoms with Crippen molar-refractivity contribution < 1.29 is 0 Å². The van der Waals surface area contributed by atoms with Crippen molar-refractivity contribution in [1.82, 2.24) is 9.38 Å². The molecule has 0 aliphatic carbocycles. The van der Waals surface area contributed by atoms with E-state index in [0.29, 0.717) is 6.42 Å². The zero-order valence-electron chi connectivity index (χ0n) is 11.6. The lowest BCUT2D eigenvalue weighted by atomic mass is 10.1. The number of hydrogen-bond acceptors (Lipinski definition) is 3. The highest BCUT2D eigenvalue weighted by Gasteiger charge is 2.15. The lowest BCUT2D eigenvalue weighted by molar-refractivity contribution is 1.07. The Kier molecular flexibility index (Phi) is 3.29. The van der Waals surface area contributed by atoms with Crippen molar-refractivity contribution in [3.63, 3.8) is 0 Å². The molecule has 20 heavy (non-hydrogen) atoms. The molecule has 0 aliphatic heterocycles. The molecule has 1 aromatic carbocycles. The predicted octanol–water partition coefficient (Wildman–Crippen LogP) is 4.00. The van der Waals surface area contributed by atoms with Crippen LogP contribution in [0.3, 0.4) is 0 Å². The molecule has 3 rings (SSSR count). The third-order valence-corrected chi connectivity index (χ3v) is 4.32. The molecule has 0 atom stereocenters. The summed E-state index contributed by atoms with van der Waals surface area (Å²) in [6.45, 7) is 4.21. The second-order valence-electron chi connectivity index (χ2n) is 4.79. The molecule has 0 unspecified atom stereocenters. The molecule has 0 bridgehead atoms. The standard InChI is InChI=1S/C16H15N3S/c1-3-12-4-6-13(7-5-12)15-14(8-9-17)19-10-11(2)20-16(19)18-15/h4-7,10H,3,8H2,1-2H3. The number of fused-ring (bicyclic) bond motifs is 1. The predicted molar refractivity (Wildman–Crippen MR) is 81.9 cm³/mol. The van der Waals surface area contributed by atoms with Crippen molar-refractivity contribution in [2.75, 3.05) is 0 Å². The Morgan fingerprint density at radius 1 is 1.30 bits per heavy atom. The van der Waals surface area contributed by atoms with Crippen LogP contribution >= 0.6 is 11.3 Å². The lowest BCUT2D eigenvalue weighted by Crippen LogP contribution is -1.92. The van der Waals surface area contributed by atoms with Gasteiger partial charge in [0.15, 0.2) is 4.96 Å². The molecule has 3 nitrogen and oxygen atoms in total. The fourth-order valence-electron chi connectivity index (χ4n) is 2.37. The molecule has 0 aliphatic rings. The van der Waals surface area contributed by atoms with Crippen LogP contribution in [0.5, 0.6) is 0 Å². The Hall–Kier alpha value is -2.12. The van der Waals surface area contributed by atoms with E-state index in [-0.39, 0.29) is 0 Å². The summed E-state index contributed by atoms with van der Waals surface area (Å²) >= 11 is 1.66. The van der Waals surface area contributed by atoms with Gasteiger partial charge in [-0.15, -0.1) is 11.3 Å². The summed E-state index contributed by atoms with van der Waals surface area (Å²) in [7, 11) is 0. The highest BCUT2D eigenvalue weighted by Crippen LogP contribution is 2.28. The van der Waals surface area contributed by atoms with Crippen molar-refractivity contribution in [2.24, 2.45) is 0 Å². The van der Waals surface area contributed by atoms with Gasteiger partial charge >= 0.3 is 0 Å². The highest BCUT2D eigenvalue weighted by atomic mass is 32.1. The van der Waals surface area contributed by atoms with Gasteiger partial charge < -0.3 is 0 Å². The second-order valence-corrected chi connectivity index (χ2v) is 6.00. The van der Waals surface area contributed by atoms with Gasteiger partial charge in [0.2, 0.25) is 0 Å². The van der Waals surface area contributed by atoms with E-state index in [9.17, 15) is 0 Å². The Bertz CT molecular complexity index is 788. The van der Waals surface area contributed by atoms with E-state index >= 15 is 0 Å². The molecular formula is C16H15N3S. The summed E-state index contributed by atoms with van der Waals surface area (Å²) < 4.78 is 2.05. The maximum atomic E-state index is 9.07. The normalized spacial score (nSPS) is 10.8. The van der Waals surface area contributed by atoms with Crippen LogP contribution in [0.15, 0.2) is 30.5 Å². The number of aryl methyl sites for hydroxylation is 2. The maximum Gasteiger partial charge on any atom is 0.194 e. The molecule has 0 radical (unpaired) electrons. The first kappa shape index (κ1) is 12.9. The molecule has 0 saturated heterocycles. The van der Waals surface area contributed by atoms with Crippen molar-refractivity contribution in [3.05, 3.63) is 46.6 Å². The third-order valence-electron chi connectivity index (χ3n) is 3.42. The van der Waals surface area contributed by atoms with Crippen LogP contribution < -0.4 is 0 Å². The van der Waals surface area contributed by atoms with Crippen LogP contribution in [0.25, 0.3) is 16.2 Å². The van der Waals surface area contributed by atoms with Crippen molar-refractivity contribution in [2.45, 2.75) is 26.7 Å². The quantitative estimate of drug-likeness (QED) is 0.728. The zero-order valence-corrected chi connectivity index (χ0v) is 12.4. The maximum absolute atomic E-state index is 9.07. The SMILES string of the molecule is CCc1ccc(-c2nc3sc(C)cn3c2CC#N)cc1. The number of aromatic nitrogens is 2. The van der Waals surface area contributed by atoms with Gasteiger partial charge in [0.05, 0.1) is 23.9 Å². The van der Waals surface area contributed by atoms with Crippen LogP contribution in [0.4, 0.5) is 0 Å². The number of nitriles is 1. The van der Waals surface area contributed by atoms with E-state index < -0.39 is 0 Å². The molecule has 0 N–H and O–H groups in total. The molecule has 100 valence electrons. The summed E-state index contributed by atoms with van der Waals surface area (Å²) in [5.41, 5.74) is 4.31. The number of benzene rings is 1. The summed E-state index contributed by atoms with van der Waals surface area (Å²) in [4.78, 5) is 6.88. The van der Waals surface area contributed by atoms with Crippen LogP contribution in [0.1, 0.15) is 23.1 Å². The van der Waals surface area contributed by atoms with Gasteiger partial charge in [-0.2, -0.15) is 5.26 Å². The largest absolute Gasteiger partial charge is 0.293 e. The summed E-state index contributed by atoms with van der Waals surface area (Å²) in [5, 5.41) is 9.07. The monoisotopic (exact) mass is 281 g/mol. The van der Waals surface area contributed by atoms with Crippen LogP contribution in [0, 0.1) is 18.3 Å². The molecule has 0 fully saturated rings. The summed E-state index contributed by atoms with van der Waals surface area (Å²) in [6.07, 6.45) is 3.47. The highest BCUT2D eigenvalue weighted by molar-refractivity contribution is 7.17. The van der Waals surface area contributed by atoms with Gasteiger partial charge in [-0.05, 0) is 18.9 Å². The minimum absolute atomic E-state index is 0.377. The Labute approximate surface area is 122 Å². The fraction of sp³-hybridized carbons (Fsp3) is 0.250. The molecule has 2 heterocycles. The van der Waals surface area contributed by atoms with Gasteiger partial charge in [0.25, 0.3) is 0 Å². The van der Waals surface area contributed by atoms with E-state index in [1.165, 1.54) is 10.4 Å². The molecule has 0 amide bonds. The first-order chi connectivity index (χ1) is 9.72. The van der Waals surface area contributed by atoms with E-state index in [1.807, 2.05) is 4.40 Å². The first-order valence-electron chi connectivity index (χ1n) is 6.66. The summed E-state index contributed by atoms with van der Waals surface area (Å²) in [6, 6.07) is 10.7. The smallest absolute Gasteiger partial charge is 0.194 e. The summed E-state index contributed by atoms with van der Waals surface area (Å²) in [5.74, 6) is 0. The van der Waals surface area contributed by atoms with Gasteiger partial charge in [-0.3, -0.25) is 4.40 Å². The van der Waals surface area contributed by atoms with Crippen molar-refractivity contribution >= 4 is 16.3 Å². The number of thiazole rings is 1. The van der Waals surface area contributed by atoms with Crippen LogP contribution in [-0.4, -0.2) is 9.38 Å². The van der Waals surface area contributed by atoms with Crippen molar-refractivity contribution in [3.8, 4) is 17.3 Å². The van der Waals surface area contributed by atoms with Gasteiger partial charge in [0, 0.05) is 16.6 Å². The number of imidazole rings is 1. The van der Waals surface area contributed by atoms with Crippen LogP contribution in [-0.2, 0) is 12.8 Å².